The molecule has 24 heavy (non-hydrogen) atoms. The molecule has 1 aliphatic rings. The number of hydrogen-bond donors (Lipinski definition) is 1. The number of hydroxylamine groups is 2. The van der Waals surface area contributed by atoms with Crippen molar-refractivity contribution < 1.29 is 15.1 Å². The third kappa shape index (κ3) is 2.62. The minimum atomic E-state index is -0.882. The first-order valence-electron chi connectivity index (χ1n) is 8.19. The highest BCUT2D eigenvalue weighted by molar-refractivity contribution is 5.70. The van der Waals surface area contributed by atoms with Gasteiger partial charge >= 0.3 is 5.97 Å². The van der Waals surface area contributed by atoms with Gasteiger partial charge in [-0.05, 0) is 37.8 Å². The van der Waals surface area contributed by atoms with Gasteiger partial charge in [-0.2, -0.15) is 0 Å². The van der Waals surface area contributed by atoms with Gasteiger partial charge < -0.3 is 5.11 Å². The van der Waals surface area contributed by atoms with Crippen LogP contribution in [0.5, 0.6) is 0 Å². The summed E-state index contributed by atoms with van der Waals surface area (Å²) >= 11 is 0. The highest BCUT2D eigenvalue weighted by Gasteiger charge is 2.54. The van der Waals surface area contributed by atoms with Crippen molar-refractivity contribution in [3.8, 4) is 0 Å². The van der Waals surface area contributed by atoms with Gasteiger partial charge in [0.05, 0.1) is 17.0 Å². The number of carbonyl (C=O) groups is 1. The highest BCUT2D eigenvalue weighted by Crippen LogP contribution is 2.50. The molecule has 0 bridgehead atoms. The Morgan fingerprint density at radius 2 is 1.29 bits per heavy atom. The largest absolute Gasteiger partial charge is 0.481 e. The van der Waals surface area contributed by atoms with Gasteiger partial charge in [0, 0.05) is 0 Å². The van der Waals surface area contributed by atoms with E-state index in [2.05, 4.69) is 0 Å². The minimum Gasteiger partial charge on any atom is -0.481 e. The highest BCUT2D eigenvalue weighted by atomic mass is 16.5. The van der Waals surface area contributed by atoms with E-state index in [0.29, 0.717) is 12.8 Å². The van der Waals surface area contributed by atoms with Crippen LogP contribution in [0, 0.1) is 5.92 Å². The van der Waals surface area contributed by atoms with Gasteiger partial charge in [0.15, 0.2) is 0 Å². The maximum atomic E-state index is 13.5. The number of carboxylic acids is 1. The molecule has 1 fully saturated rings. The van der Waals surface area contributed by atoms with Gasteiger partial charge in [-0.15, -0.1) is 10.3 Å². The number of aliphatic carboxylic acids is 1. The lowest BCUT2D eigenvalue weighted by atomic mass is 9.69. The maximum absolute atomic E-state index is 13.5. The SMILES string of the molecule is CC1(c2ccccc2)CC(C(=O)O)CC(C)(c2ccccc2)N1[O]. The molecule has 0 aliphatic carbocycles. The molecule has 0 saturated carbocycles. The van der Waals surface area contributed by atoms with Crippen LogP contribution in [0.3, 0.4) is 0 Å². The Morgan fingerprint density at radius 1 is 0.917 bits per heavy atom. The van der Waals surface area contributed by atoms with Crippen LogP contribution in [0.15, 0.2) is 60.7 Å². The fourth-order valence-corrected chi connectivity index (χ4v) is 3.98. The molecule has 2 aromatic carbocycles. The Labute approximate surface area is 142 Å². The second-order valence-corrected chi connectivity index (χ2v) is 7.02. The quantitative estimate of drug-likeness (QED) is 0.929. The lowest BCUT2D eigenvalue weighted by molar-refractivity contribution is -0.312. The second kappa shape index (κ2) is 6.04. The van der Waals surface area contributed by atoms with Crippen molar-refractivity contribution in [1.82, 2.24) is 5.06 Å². The van der Waals surface area contributed by atoms with E-state index in [1.54, 1.807) is 0 Å². The van der Waals surface area contributed by atoms with Crippen molar-refractivity contribution in [3.63, 3.8) is 0 Å². The number of benzene rings is 2. The van der Waals surface area contributed by atoms with E-state index in [0.717, 1.165) is 16.2 Å². The molecule has 1 saturated heterocycles. The van der Waals surface area contributed by atoms with Crippen molar-refractivity contribution in [1.29, 1.82) is 0 Å². The standard InChI is InChI=1S/C20H22NO3/c1-19(16-9-5-3-6-10-16)13-15(18(22)23)14-20(2,21(19)24)17-11-7-4-8-12-17/h3-12,15H,13-14H2,1-2H3,(H,22,23). The number of hydrogen-bond acceptors (Lipinski definition) is 2. The van der Waals surface area contributed by atoms with Crippen LogP contribution in [0.2, 0.25) is 0 Å². The van der Waals surface area contributed by atoms with Gasteiger partial charge in [-0.1, -0.05) is 60.7 Å². The van der Waals surface area contributed by atoms with Gasteiger partial charge in [0.25, 0.3) is 0 Å². The van der Waals surface area contributed by atoms with Crippen LogP contribution >= 0.6 is 0 Å². The summed E-state index contributed by atoms with van der Waals surface area (Å²) in [5.74, 6) is -1.40. The monoisotopic (exact) mass is 324 g/mol. The molecule has 0 aromatic heterocycles. The lowest BCUT2D eigenvalue weighted by Gasteiger charge is -2.52. The van der Waals surface area contributed by atoms with Crippen LogP contribution in [-0.4, -0.2) is 16.1 Å². The van der Waals surface area contributed by atoms with Gasteiger partial charge in [0.2, 0.25) is 0 Å². The van der Waals surface area contributed by atoms with E-state index >= 15 is 0 Å². The summed E-state index contributed by atoms with van der Waals surface area (Å²) in [5, 5.41) is 24.2. The first kappa shape index (κ1) is 16.7. The Kier molecular flexibility index (Phi) is 4.20. The zero-order valence-corrected chi connectivity index (χ0v) is 14.0. The zero-order chi connectivity index (χ0) is 17.4. The Balaban J connectivity index is 2.12. The first-order valence-corrected chi connectivity index (χ1v) is 8.19. The van der Waals surface area contributed by atoms with Gasteiger partial charge in [-0.3, -0.25) is 4.79 Å². The fraction of sp³-hybridized carbons (Fsp3) is 0.350. The molecule has 2 unspecified atom stereocenters. The van der Waals surface area contributed by atoms with E-state index in [1.165, 1.54) is 0 Å². The number of rotatable bonds is 3. The molecule has 4 heteroatoms. The molecule has 0 amide bonds. The summed E-state index contributed by atoms with van der Waals surface area (Å²) in [6, 6.07) is 19.0. The molecular weight excluding hydrogens is 302 g/mol. The Bertz CT molecular complexity index is 663. The summed E-state index contributed by atoms with van der Waals surface area (Å²) < 4.78 is 0. The summed E-state index contributed by atoms with van der Waals surface area (Å²) in [6.07, 6.45) is 0.608. The Hall–Kier alpha value is -2.17. The normalized spacial score (nSPS) is 30.9. The van der Waals surface area contributed by atoms with Crippen LogP contribution < -0.4 is 0 Å². The molecule has 4 nitrogen and oxygen atoms in total. The van der Waals surface area contributed by atoms with Crippen LogP contribution in [0.25, 0.3) is 0 Å². The predicted octanol–water partition coefficient (Wildman–Crippen LogP) is 3.96. The third-order valence-electron chi connectivity index (χ3n) is 5.32. The smallest absolute Gasteiger partial charge is 0.306 e. The second-order valence-electron chi connectivity index (χ2n) is 7.02. The van der Waals surface area contributed by atoms with Crippen molar-refractivity contribution in [2.45, 2.75) is 37.8 Å². The topological polar surface area (TPSA) is 60.4 Å². The van der Waals surface area contributed by atoms with E-state index in [-0.39, 0.29) is 0 Å². The molecule has 0 spiro atoms. The fourth-order valence-electron chi connectivity index (χ4n) is 3.98. The number of carboxylic acid groups (broad SMARTS) is 1. The molecule has 1 radical (unpaired) electrons. The lowest BCUT2D eigenvalue weighted by Crippen LogP contribution is -2.58. The molecule has 3 rings (SSSR count). The Morgan fingerprint density at radius 3 is 1.62 bits per heavy atom. The summed E-state index contributed by atoms with van der Waals surface area (Å²) in [4.78, 5) is 11.8. The van der Waals surface area contributed by atoms with Crippen molar-refractivity contribution in [2.75, 3.05) is 0 Å². The predicted molar refractivity (Wildman–Crippen MR) is 90.5 cm³/mol. The minimum absolute atomic E-state index is 0.304. The zero-order valence-electron chi connectivity index (χ0n) is 14.0. The molecule has 2 aromatic rings. The molecule has 1 N–H and O–H groups in total. The van der Waals surface area contributed by atoms with Crippen molar-refractivity contribution in [2.24, 2.45) is 5.92 Å². The molecule has 1 aliphatic heterocycles. The van der Waals surface area contributed by atoms with Crippen molar-refractivity contribution in [3.05, 3.63) is 71.8 Å². The van der Waals surface area contributed by atoms with E-state index in [1.807, 2.05) is 74.5 Å². The van der Waals surface area contributed by atoms with Crippen LogP contribution in [0.1, 0.15) is 37.8 Å². The summed E-state index contributed by atoms with van der Waals surface area (Å²) in [5.41, 5.74) is -0.0541. The average molecular weight is 324 g/mol. The third-order valence-corrected chi connectivity index (χ3v) is 5.32. The summed E-state index contributed by atoms with van der Waals surface area (Å²) in [6.45, 7) is 3.71. The number of piperidine rings is 1. The average Bonchev–Trinajstić information content (AvgIpc) is 2.61. The molecule has 2 atom stereocenters. The first-order chi connectivity index (χ1) is 11.4. The van der Waals surface area contributed by atoms with E-state index in [9.17, 15) is 15.1 Å². The van der Waals surface area contributed by atoms with E-state index < -0.39 is 23.0 Å². The van der Waals surface area contributed by atoms with Crippen LogP contribution in [0.4, 0.5) is 0 Å². The van der Waals surface area contributed by atoms with E-state index in [4.69, 9.17) is 0 Å². The van der Waals surface area contributed by atoms with Crippen molar-refractivity contribution >= 4 is 5.97 Å². The molecular formula is C20H22NO3. The molecule has 1 heterocycles. The maximum Gasteiger partial charge on any atom is 0.306 e. The number of nitrogens with zero attached hydrogens (tertiary/aromatic N) is 1. The van der Waals surface area contributed by atoms with Gasteiger partial charge in [-0.25, -0.2) is 0 Å². The van der Waals surface area contributed by atoms with Gasteiger partial charge in [0.1, 0.15) is 0 Å². The molecule has 125 valence electrons. The van der Waals surface area contributed by atoms with Crippen LogP contribution in [-0.2, 0) is 21.1 Å². The summed E-state index contributed by atoms with van der Waals surface area (Å²) in [7, 11) is 0.